The van der Waals surface area contributed by atoms with Gasteiger partial charge in [0.1, 0.15) is 5.82 Å². The van der Waals surface area contributed by atoms with Crippen molar-refractivity contribution in [3.63, 3.8) is 0 Å². The number of nitrogens with zero attached hydrogens (tertiary/aromatic N) is 2. The van der Waals surface area contributed by atoms with Crippen LogP contribution in [0.5, 0.6) is 0 Å². The van der Waals surface area contributed by atoms with Crippen LogP contribution in [0.25, 0.3) is 0 Å². The van der Waals surface area contributed by atoms with Crippen LogP contribution in [-0.2, 0) is 9.84 Å². The van der Waals surface area contributed by atoms with Crippen molar-refractivity contribution in [1.29, 1.82) is 0 Å². The normalized spacial score (nSPS) is 22.9. The molecule has 0 bridgehead atoms. The van der Waals surface area contributed by atoms with Crippen LogP contribution in [0.4, 0.5) is 0 Å². The van der Waals surface area contributed by atoms with Crippen molar-refractivity contribution >= 4 is 9.84 Å². The van der Waals surface area contributed by atoms with Gasteiger partial charge in [-0.25, -0.2) is 18.4 Å². The minimum Gasteiger partial charge on any atom is -0.319 e. The van der Waals surface area contributed by atoms with Crippen molar-refractivity contribution in [3.05, 3.63) is 22.8 Å². The zero-order chi connectivity index (χ0) is 14.9. The molecule has 1 aliphatic rings. The van der Waals surface area contributed by atoms with Gasteiger partial charge in [0.25, 0.3) is 0 Å². The number of likely N-dealkylation sites (N-methyl/N-ethyl adjacent to an activating group) is 1. The van der Waals surface area contributed by atoms with Crippen LogP contribution in [-0.4, -0.2) is 43.5 Å². The zero-order valence-corrected chi connectivity index (χ0v) is 13.4. The maximum absolute atomic E-state index is 11.6. The van der Waals surface area contributed by atoms with E-state index in [9.17, 15) is 8.42 Å². The Morgan fingerprint density at radius 1 is 1.30 bits per heavy atom. The minimum absolute atomic E-state index is 0.0361. The van der Waals surface area contributed by atoms with E-state index in [2.05, 4.69) is 22.2 Å². The summed E-state index contributed by atoms with van der Waals surface area (Å²) in [6.45, 7) is 7.00. The number of nitrogens with one attached hydrogen (secondary N) is 1. The second-order valence-electron chi connectivity index (χ2n) is 5.72. The third-order valence-corrected chi connectivity index (χ3v) is 5.71. The highest BCUT2D eigenvalue weighted by Crippen LogP contribution is 2.29. The standard InChI is InChI=1S/C14H23N3O2S/c1-9(7-15-4)13-10(2)16-14(17-11(13)3)12-5-6-20(18,19)8-12/h9,12,15H,5-8H2,1-4H3. The molecule has 6 heteroatoms. The molecular weight excluding hydrogens is 274 g/mol. The lowest BCUT2D eigenvalue weighted by Crippen LogP contribution is -2.19. The summed E-state index contributed by atoms with van der Waals surface area (Å²) in [5, 5.41) is 3.17. The largest absolute Gasteiger partial charge is 0.319 e. The minimum atomic E-state index is -2.89. The molecule has 0 aromatic carbocycles. The van der Waals surface area contributed by atoms with E-state index in [1.54, 1.807) is 0 Å². The molecule has 0 amide bonds. The van der Waals surface area contributed by atoms with Crippen LogP contribution in [0.1, 0.15) is 48.0 Å². The first kappa shape index (κ1) is 15.4. The molecule has 5 nitrogen and oxygen atoms in total. The zero-order valence-electron chi connectivity index (χ0n) is 12.6. The monoisotopic (exact) mass is 297 g/mol. The molecular formula is C14H23N3O2S. The van der Waals surface area contributed by atoms with Crippen LogP contribution in [0.15, 0.2) is 0 Å². The molecule has 1 aromatic rings. The maximum atomic E-state index is 11.6. The molecule has 2 atom stereocenters. The van der Waals surface area contributed by atoms with Crippen molar-refractivity contribution < 1.29 is 8.42 Å². The Morgan fingerprint density at radius 2 is 1.90 bits per heavy atom. The summed E-state index contributed by atoms with van der Waals surface area (Å²) in [6.07, 6.45) is 0.645. The van der Waals surface area contributed by atoms with Crippen LogP contribution in [0, 0.1) is 13.8 Å². The van der Waals surface area contributed by atoms with Gasteiger partial charge in [-0.1, -0.05) is 6.92 Å². The van der Waals surface area contributed by atoms with Crippen LogP contribution >= 0.6 is 0 Å². The summed E-state index contributed by atoms with van der Waals surface area (Å²) in [4.78, 5) is 9.16. The highest BCUT2D eigenvalue weighted by molar-refractivity contribution is 7.91. The molecule has 1 aromatic heterocycles. The number of aromatic nitrogens is 2. The topological polar surface area (TPSA) is 72.0 Å². The summed E-state index contributed by atoms with van der Waals surface area (Å²) in [5.41, 5.74) is 3.11. The Labute approximate surface area is 121 Å². The lowest BCUT2D eigenvalue weighted by Gasteiger charge is -2.18. The van der Waals surface area contributed by atoms with Crippen LogP contribution in [0.3, 0.4) is 0 Å². The third-order valence-electron chi connectivity index (χ3n) is 3.94. The molecule has 1 aliphatic heterocycles. The Bertz CT molecular complexity index is 575. The molecule has 1 saturated heterocycles. The fraction of sp³-hybridized carbons (Fsp3) is 0.714. The van der Waals surface area contributed by atoms with Gasteiger partial charge in [-0.2, -0.15) is 0 Å². The second-order valence-corrected chi connectivity index (χ2v) is 7.95. The van der Waals surface area contributed by atoms with E-state index >= 15 is 0 Å². The second kappa shape index (κ2) is 5.77. The number of hydrogen-bond acceptors (Lipinski definition) is 5. The molecule has 0 radical (unpaired) electrons. The predicted molar refractivity (Wildman–Crippen MR) is 79.9 cm³/mol. The summed E-state index contributed by atoms with van der Waals surface area (Å²) >= 11 is 0. The summed E-state index contributed by atoms with van der Waals surface area (Å²) < 4.78 is 23.2. The Morgan fingerprint density at radius 3 is 2.35 bits per heavy atom. The van der Waals surface area contributed by atoms with E-state index in [1.165, 1.54) is 5.56 Å². The Balaban J connectivity index is 2.31. The smallest absolute Gasteiger partial charge is 0.151 e. The first-order chi connectivity index (χ1) is 9.34. The van der Waals surface area contributed by atoms with E-state index in [-0.39, 0.29) is 17.4 Å². The van der Waals surface area contributed by atoms with Gasteiger partial charge in [0, 0.05) is 23.9 Å². The molecule has 0 aliphatic carbocycles. The number of rotatable bonds is 4. The molecule has 2 unspecified atom stereocenters. The van der Waals surface area contributed by atoms with Gasteiger partial charge in [0.2, 0.25) is 0 Å². The molecule has 1 fully saturated rings. The van der Waals surface area contributed by atoms with Gasteiger partial charge >= 0.3 is 0 Å². The van der Waals surface area contributed by atoms with Gasteiger partial charge in [-0.05, 0) is 38.8 Å². The van der Waals surface area contributed by atoms with Crippen LogP contribution in [0.2, 0.25) is 0 Å². The van der Waals surface area contributed by atoms with Crippen molar-refractivity contribution in [1.82, 2.24) is 15.3 Å². The van der Waals surface area contributed by atoms with Crippen molar-refractivity contribution in [2.24, 2.45) is 0 Å². The Kier molecular flexibility index (Phi) is 4.44. The van der Waals surface area contributed by atoms with E-state index in [0.29, 0.717) is 18.2 Å². The Hall–Kier alpha value is -1.01. The molecule has 112 valence electrons. The van der Waals surface area contributed by atoms with Gasteiger partial charge in [-0.3, -0.25) is 0 Å². The van der Waals surface area contributed by atoms with E-state index < -0.39 is 9.84 Å². The molecule has 0 saturated carbocycles. The maximum Gasteiger partial charge on any atom is 0.151 e. The lowest BCUT2D eigenvalue weighted by molar-refractivity contribution is 0.600. The SMILES string of the molecule is CNCC(C)c1c(C)nc(C2CCS(=O)(=O)C2)nc1C. The van der Waals surface area contributed by atoms with E-state index in [1.807, 2.05) is 20.9 Å². The summed E-state index contributed by atoms with van der Waals surface area (Å²) in [7, 11) is -0.964. The first-order valence-corrected chi connectivity index (χ1v) is 8.86. The summed E-state index contributed by atoms with van der Waals surface area (Å²) in [6, 6.07) is 0. The predicted octanol–water partition coefficient (Wildman–Crippen LogP) is 1.32. The highest BCUT2D eigenvalue weighted by atomic mass is 32.2. The number of aryl methyl sites for hydroxylation is 2. The fourth-order valence-electron chi connectivity index (χ4n) is 3.05. The van der Waals surface area contributed by atoms with Gasteiger partial charge < -0.3 is 5.32 Å². The highest BCUT2D eigenvalue weighted by Gasteiger charge is 2.31. The fourth-order valence-corrected chi connectivity index (χ4v) is 4.79. The molecule has 1 N–H and O–H groups in total. The molecule has 2 heterocycles. The quantitative estimate of drug-likeness (QED) is 0.907. The summed E-state index contributed by atoms with van der Waals surface area (Å²) in [5.74, 6) is 1.46. The number of sulfone groups is 1. The average Bonchev–Trinajstić information content (AvgIpc) is 2.69. The molecule has 20 heavy (non-hydrogen) atoms. The van der Waals surface area contributed by atoms with Gasteiger partial charge in [0.05, 0.1) is 11.5 Å². The van der Waals surface area contributed by atoms with Crippen molar-refractivity contribution in [2.75, 3.05) is 25.1 Å². The van der Waals surface area contributed by atoms with Crippen LogP contribution < -0.4 is 5.32 Å². The first-order valence-electron chi connectivity index (χ1n) is 7.04. The van der Waals surface area contributed by atoms with E-state index in [0.717, 1.165) is 17.9 Å². The van der Waals surface area contributed by atoms with E-state index in [4.69, 9.17) is 0 Å². The van der Waals surface area contributed by atoms with Gasteiger partial charge in [-0.15, -0.1) is 0 Å². The molecule has 2 rings (SSSR count). The van der Waals surface area contributed by atoms with Gasteiger partial charge in [0.15, 0.2) is 9.84 Å². The third kappa shape index (κ3) is 3.17. The lowest BCUT2D eigenvalue weighted by atomic mass is 9.97. The average molecular weight is 297 g/mol. The van der Waals surface area contributed by atoms with Crippen molar-refractivity contribution in [2.45, 2.75) is 39.0 Å². The number of hydrogen-bond donors (Lipinski definition) is 1. The van der Waals surface area contributed by atoms with Crippen molar-refractivity contribution in [3.8, 4) is 0 Å². The molecule has 0 spiro atoms.